The quantitative estimate of drug-likeness (QED) is 0.415. The van der Waals surface area contributed by atoms with Gasteiger partial charge in [0.25, 0.3) is 0 Å². The van der Waals surface area contributed by atoms with Crippen LogP contribution in [-0.4, -0.2) is 25.1 Å². The molecule has 0 saturated heterocycles. The number of amides is 1. The molecule has 1 aliphatic rings. The van der Waals surface area contributed by atoms with Crippen LogP contribution in [-0.2, 0) is 4.79 Å². The van der Waals surface area contributed by atoms with Gasteiger partial charge >= 0.3 is 0 Å². The van der Waals surface area contributed by atoms with E-state index in [1.807, 2.05) is 54.6 Å². The van der Waals surface area contributed by atoms with Crippen LogP contribution >= 0.6 is 0 Å². The Hall–Kier alpha value is -3.86. The van der Waals surface area contributed by atoms with Gasteiger partial charge in [0.2, 0.25) is 5.91 Å². The first-order valence-corrected chi connectivity index (χ1v) is 11.1. The number of carbonyl (C=O) groups is 1. The number of benzene rings is 3. The van der Waals surface area contributed by atoms with Crippen molar-refractivity contribution < 1.29 is 14.3 Å². The van der Waals surface area contributed by atoms with Gasteiger partial charge in [-0.05, 0) is 65.8 Å². The van der Waals surface area contributed by atoms with Crippen LogP contribution in [0.25, 0.3) is 10.9 Å². The molecule has 1 fully saturated rings. The lowest BCUT2D eigenvalue weighted by atomic mass is 9.59. The molecule has 0 aliphatic heterocycles. The van der Waals surface area contributed by atoms with E-state index in [0.29, 0.717) is 0 Å². The Balaban J connectivity index is 1.46. The molecule has 1 aliphatic carbocycles. The van der Waals surface area contributed by atoms with Gasteiger partial charge in [0.1, 0.15) is 11.5 Å². The van der Waals surface area contributed by atoms with Crippen molar-refractivity contribution in [1.82, 2.24) is 4.98 Å². The van der Waals surface area contributed by atoms with Gasteiger partial charge in [-0.25, -0.2) is 0 Å². The van der Waals surface area contributed by atoms with Crippen LogP contribution in [0.3, 0.4) is 0 Å². The first-order valence-electron chi connectivity index (χ1n) is 11.1. The third kappa shape index (κ3) is 4.02. The van der Waals surface area contributed by atoms with E-state index in [9.17, 15) is 4.79 Å². The van der Waals surface area contributed by atoms with E-state index >= 15 is 0 Å². The summed E-state index contributed by atoms with van der Waals surface area (Å²) >= 11 is 0. The standard InChI is InChI=1S/C28H26N2O3/c1-32-21-12-8-18(9-13-21)23-17-24(19-10-14-22(33-2)15-11-19)26(23)28(31)30-25-7-3-5-20-6-4-16-29-27(20)25/h3-16,23-24,26H,17H2,1-2H3,(H,30,31)/t23-,24+,26?. The van der Waals surface area contributed by atoms with Crippen molar-refractivity contribution >= 4 is 22.5 Å². The lowest BCUT2D eigenvalue weighted by Gasteiger charge is -2.44. The van der Waals surface area contributed by atoms with Crippen LogP contribution in [0, 0.1) is 5.92 Å². The van der Waals surface area contributed by atoms with Gasteiger partial charge in [-0.2, -0.15) is 0 Å². The summed E-state index contributed by atoms with van der Waals surface area (Å²) in [6.45, 7) is 0. The van der Waals surface area contributed by atoms with Gasteiger partial charge in [-0.15, -0.1) is 0 Å². The number of nitrogens with zero attached hydrogens (tertiary/aromatic N) is 1. The molecule has 5 rings (SSSR count). The average Bonchev–Trinajstić information content (AvgIpc) is 2.84. The minimum Gasteiger partial charge on any atom is -0.497 e. The van der Waals surface area contributed by atoms with Crippen LogP contribution < -0.4 is 14.8 Å². The molecule has 1 N–H and O–H groups in total. The van der Waals surface area contributed by atoms with Crippen LogP contribution in [0.4, 0.5) is 5.69 Å². The number of pyridine rings is 1. The van der Waals surface area contributed by atoms with Gasteiger partial charge in [-0.1, -0.05) is 42.5 Å². The summed E-state index contributed by atoms with van der Waals surface area (Å²) in [7, 11) is 3.32. The highest BCUT2D eigenvalue weighted by atomic mass is 16.5. The van der Waals surface area contributed by atoms with E-state index in [2.05, 4.69) is 34.6 Å². The molecule has 0 radical (unpaired) electrons. The molecular formula is C28H26N2O3. The van der Waals surface area contributed by atoms with Crippen LogP contribution in [0.5, 0.6) is 11.5 Å². The number of ether oxygens (including phenoxy) is 2. The summed E-state index contributed by atoms with van der Waals surface area (Å²) in [5.74, 6) is 1.71. The van der Waals surface area contributed by atoms with Crippen LogP contribution in [0.15, 0.2) is 85.1 Å². The minimum atomic E-state index is -0.189. The molecular weight excluding hydrogens is 412 g/mol. The predicted molar refractivity (Wildman–Crippen MR) is 130 cm³/mol. The number of rotatable bonds is 6. The van der Waals surface area contributed by atoms with E-state index in [1.54, 1.807) is 20.4 Å². The lowest BCUT2D eigenvalue weighted by Crippen LogP contribution is -2.42. The zero-order valence-corrected chi connectivity index (χ0v) is 18.7. The zero-order chi connectivity index (χ0) is 22.8. The second-order valence-corrected chi connectivity index (χ2v) is 8.39. The average molecular weight is 439 g/mol. The molecule has 5 nitrogen and oxygen atoms in total. The zero-order valence-electron chi connectivity index (χ0n) is 18.7. The SMILES string of the molecule is COc1ccc([C@H]2C[C@@H](c3ccc(OC)cc3)C2C(=O)Nc2cccc3cccnc23)cc1. The smallest absolute Gasteiger partial charge is 0.228 e. The van der Waals surface area contributed by atoms with E-state index in [0.717, 1.165) is 45.6 Å². The molecule has 3 atom stereocenters. The molecule has 33 heavy (non-hydrogen) atoms. The molecule has 166 valence electrons. The fraction of sp³-hybridized carbons (Fsp3) is 0.214. The molecule has 3 aromatic carbocycles. The fourth-order valence-electron chi connectivity index (χ4n) is 4.83. The Morgan fingerprint density at radius 2 is 1.39 bits per heavy atom. The number of carbonyl (C=O) groups excluding carboxylic acids is 1. The third-order valence-corrected chi connectivity index (χ3v) is 6.66. The summed E-state index contributed by atoms with van der Waals surface area (Å²) in [6.07, 6.45) is 2.66. The van der Waals surface area contributed by atoms with Gasteiger partial charge in [-0.3, -0.25) is 9.78 Å². The van der Waals surface area contributed by atoms with Crippen molar-refractivity contribution in [2.24, 2.45) is 5.92 Å². The van der Waals surface area contributed by atoms with Crippen molar-refractivity contribution in [3.63, 3.8) is 0 Å². The maximum absolute atomic E-state index is 13.7. The molecule has 0 bridgehead atoms. The number of anilines is 1. The molecule has 1 amide bonds. The van der Waals surface area contributed by atoms with Crippen molar-refractivity contribution in [3.8, 4) is 11.5 Å². The van der Waals surface area contributed by atoms with Crippen LogP contribution in [0.1, 0.15) is 29.4 Å². The highest BCUT2D eigenvalue weighted by Crippen LogP contribution is 2.53. The highest BCUT2D eigenvalue weighted by molar-refractivity contribution is 6.02. The number of nitrogens with one attached hydrogen (secondary N) is 1. The van der Waals surface area contributed by atoms with Gasteiger partial charge in [0, 0.05) is 11.6 Å². The number of hydrogen-bond acceptors (Lipinski definition) is 4. The monoisotopic (exact) mass is 438 g/mol. The second-order valence-electron chi connectivity index (χ2n) is 8.39. The van der Waals surface area contributed by atoms with E-state index < -0.39 is 0 Å². The maximum Gasteiger partial charge on any atom is 0.228 e. The summed E-state index contributed by atoms with van der Waals surface area (Å²) < 4.78 is 10.6. The molecule has 5 heteroatoms. The maximum atomic E-state index is 13.7. The Bertz CT molecular complexity index is 1210. The number of methoxy groups -OCH3 is 2. The number of fused-ring (bicyclic) bond motifs is 1. The molecule has 1 unspecified atom stereocenters. The first-order chi connectivity index (χ1) is 16.2. The normalized spacial score (nSPS) is 19.5. The van der Waals surface area contributed by atoms with Crippen molar-refractivity contribution in [2.75, 3.05) is 19.5 Å². The van der Waals surface area contributed by atoms with Crippen LogP contribution in [0.2, 0.25) is 0 Å². The first kappa shape index (κ1) is 21.0. The van der Waals surface area contributed by atoms with E-state index in [-0.39, 0.29) is 23.7 Å². The fourth-order valence-corrected chi connectivity index (χ4v) is 4.83. The van der Waals surface area contributed by atoms with Gasteiger partial charge in [0.15, 0.2) is 0 Å². The molecule has 4 aromatic rings. The minimum absolute atomic E-state index is 0.0149. The molecule has 0 spiro atoms. The number of para-hydroxylation sites is 1. The number of aromatic nitrogens is 1. The predicted octanol–water partition coefficient (Wildman–Crippen LogP) is 5.78. The number of hydrogen-bond donors (Lipinski definition) is 1. The topological polar surface area (TPSA) is 60.5 Å². The van der Waals surface area contributed by atoms with Crippen molar-refractivity contribution in [3.05, 3.63) is 96.2 Å². The van der Waals surface area contributed by atoms with Gasteiger partial charge < -0.3 is 14.8 Å². The summed E-state index contributed by atoms with van der Waals surface area (Å²) in [6, 6.07) is 25.8. The summed E-state index contributed by atoms with van der Waals surface area (Å²) in [5.41, 5.74) is 3.84. The Kier molecular flexibility index (Phi) is 5.69. The van der Waals surface area contributed by atoms with Gasteiger partial charge in [0.05, 0.1) is 31.3 Å². The van der Waals surface area contributed by atoms with E-state index in [4.69, 9.17) is 9.47 Å². The second kappa shape index (κ2) is 8.94. The van der Waals surface area contributed by atoms with E-state index in [1.165, 1.54) is 0 Å². The molecule has 1 saturated carbocycles. The third-order valence-electron chi connectivity index (χ3n) is 6.66. The lowest BCUT2D eigenvalue weighted by molar-refractivity contribution is -0.124. The summed E-state index contributed by atoms with van der Waals surface area (Å²) in [4.78, 5) is 18.2. The Morgan fingerprint density at radius 3 is 1.97 bits per heavy atom. The Morgan fingerprint density at radius 1 is 0.818 bits per heavy atom. The molecule has 1 heterocycles. The largest absolute Gasteiger partial charge is 0.497 e. The molecule has 1 aromatic heterocycles. The van der Waals surface area contributed by atoms with Crippen molar-refractivity contribution in [2.45, 2.75) is 18.3 Å². The van der Waals surface area contributed by atoms with Crippen molar-refractivity contribution in [1.29, 1.82) is 0 Å². The Labute approximate surface area is 193 Å². The highest BCUT2D eigenvalue weighted by Gasteiger charge is 2.47. The summed E-state index contributed by atoms with van der Waals surface area (Å²) in [5, 5.41) is 4.18.